The van der Waals surface area contributed by atoms with Gasteiger partial charge in [0, 0.05) is 25.8 Å². The third kappa shape index (κ3) is 1.86. The minimum atomic E-state index is 0.209. The molecule has 1 heterocycles. The van der Waals surface area contributed by atoms with E-state index in [-0.39, 0.29) is 5.38 Å². The van der Waals surface area contributed by atoms with Gasteiger partial charge in [-0.05, 0) is 12.1 Å². The molecule has 0 saturated carbocycles. The highest BCUT2D eigenvalue weighted by Gasteiger charge is 2.28. The molecule has 0 aliphatic carbocycles. The summed E-state index contributed by atoms with van der Waals surface area (Å²) in [6.07, 6.45) is 0. The fourth-order valence-electron chi connectivity index (χ4n) is 1.87. The Morgan fingerprint density at radius 1 is 1.29 bits per heavy atom. The molecule has 1 fully saturated rings. The third-order valence-corrected chi connectivity index (χ3v) is 3.22. The molecule has 0 spiro atoms. The van der Waals surface area contributed by atoms with Crippen molar-refractivity contribution in [3.63, 3.8) is 0 Å². The van der Waals surface area contributed by atoms with E-state index in [0.717, 1.165) is 13.1 Å². The number of para-hydroxylation sites is 1. The Balaban J connectivity index is 2.12. The zero-order chi connectivity index (χ0) is 9.97. The van der Waals surface area contributed by atoms with E-state index in [2.05, 4.69) is 41.5 Å². The van der Waals surface area contributed by atoms with Crippen LogP contribution in [0, 0.1) is 0 Å². The van der Waals surface area contributed by atoms with Gasteiger partial charge < -0.3 is 10.2 Å². The summed E-state index contributed by atoms with van der Waals surface area (Å²) in [5, 5.41) is 3.51. The van der Waals surface area contributed by atoms with E-state index in [9.17, 15) is 0 Å². The number of halogens is 1. The number of benzene rings is 1. The quantitative estimate of drug-likeness (QED) is 0.748. The summed E-state index contributed by atoms with van der Waals surface area (Å²) in [5.41, 5.74) is 1.23. The molecule has 1 saturated heterocycles. The van der Waals surface area contributed by atoms with Gasteiger partial charge in [0.2, 0.25) is 0 Å². The van der Waals surface area contributed by atoms with Crippen molar-refractivity contribution < 1.29 is 0 Å². The van der Waals surface area contributed by atoms with E-state index in [1.54, 1.807) is 0 Å². The fourth-order valence-corrected chi connectivity index (χ4v) is 2.23. The molecule has 1 N–H and O–H groups in total. The van der Waals surface area contributed by atoms with Crippen LogP contribution in [0.25, 0.3) is 0 Å². The Hall–Kier alpha value is -0.730. The molecule has 14 heavy (non-hydrogen) atoms. The second kappa shape index (κ2) is 4.20. The molecular formula is C11H15ClN2. The second-order valence-corrected chi connectivity index (χ2v) is 4.25. The first-order valence-electron chi connectivity index (χ1n) is 4.91. The summed E-state index contributed by atoms with van der Waals surface area (Å²) >= 11 is 6.22. The number of nitrogens with one attached hydrogen (secondary N) is 1. The summed E-state index contributed by atoms with van der Waals surface area (Å²) in [5.74, 6) is 0. The SMILES string of the molecule is CN(c1ccccc1)C1CNCC1Cl. The molecule has 0 radical (unpaired) electrons. The number of rotatable bonds is 2. The molecule has 3 heteroatoms. The molecule has 2 unspecified atom stereocenters. The predicted octanol–water partition coefficient (Wildman–Crippen LogP) is 1.70. The van der Waals surface area contributed by atoms with E-state index in [1.807, 2.05) is 6.07 Å². The number of alkyl halides is 1. The molecule has 76 valence electrons. The molecule has 1 aliphatic rings. The lowest BCUT2D eigenvalue weighted by molar-refractivity contribution is 0.690. The maximum Gasteiger partial charge on any atom is 0.0676 e. The minimum Gasteiger partial charge on any atom is -0.369 e. The predicted molar refractivity (Wildman–Crippen MR) is 61.1 cm³/mol. The molecular weight excluding hydrogens is 196 g/mol. The Labute approximate surface area is 89.9 Å². The van der Waals surface area contributed by atoms with Crippen LogP contribution in [-0.4, -0.2) is 31.6 Å². The van der Waals surface area contributed by atoms with Gasteiger partial charge in [0.05, 0.1) is 11.4 Å². The number of hydrogen-bond donors (Lipinski definition) is 1. The van der Waals surface area contributed by atoms with Crippen LogP contribution in [0.1, 0.15) is 0 Å². The smallest absolute Gasteiger partial charge is 0.0676 e. The normalized spacial score (nSPS) is 26.4. The van der Waals surface area contributed by atoms with Gasteiger partial charge in [0.25, 0.3) is 0 Å². The zero-order valence-corrected chi connectivity index (χ0v) is 9.04. The topological polar surface area (TPSA) is 15.3 Å². The van der Waals surface area contributed by atoms with Crippen LogP contribution in [0.4, 0.5) is 5.69 Å². The van der Waals surface area contributed by atoms with Crippen molar-refractivity contribution in [1.29, 1.82) is 0 Å². The van der Waals surface area contributed by atoms with Crippen molar-refractivity contribution in [3.8, 4) is 0 Å². The summed E-state index contributed by atoms with van der Waals surface area (Å²) in [7, 11) is 2.10. The van der Waals surface area contributed by atoms with Crippen molar-refractivity contribution >= 4 is 17.3 Å². The van der Waals surface area contributed by atoms with E-state index in [4.69, 9.17) is 11.6 Å². The van der Waals surface area contributed by atoms with Crippen LogP contribution in [0.15, 0.2) is 30.3 Å². The summed E-state index contributed by atoms with van der Waals surface area (Å²) in [6.45, 7) is 1.88. The molecule has 1 aromatic carbocycles. The Morgan fingerprint density at radius 2 is 2.00 bits per heavy atom. The highest BCUT2D eigenvalue weighted by Crippen LogP contribution is 2.20. The van der Waals surface area contributed by atoms with Crippen LogP contribution in [0.3, 0.4) is 0 Å². The molecule has 1 aromatic rings. The van der Waals surface area contributed by atoms with Crippen LogP contribution >= 0.6 is 11.6 Å². The standard InChI is InChI=1S/C11H15ClN2/c1-14(9-5-3-2-4-6-9)11-8-13-7-10(11)12/h2-6,10-11,13H,7-8H2,1H3. The van der Waals surface area contributed by atoms with E-state index >= 15 is 0 Å². The lowest BCUT2D eigenvalue weighted by Gasteiger charge is -2.28. The summed E-state index contributed by atoms with van der Waals surface area (Å²) in [6, 6.07) is 10.8. The third-order valence-electron chi connectivity index (χ3n) is 2.77. The summed E-state index contributed by atoms with van der Waals surface area (Å²) < 4.78 is 0. The molecule has 2 atom stereocenters. The first-order valence-corrected chi connectivity index (χ1v) is 5.35. The van der Waals surface area contributed by atoms with Crippen LogP contribution in [0.5, 0.6) is 0 Å². The van der Waals surface area contributed by atoms with Gasteiger partial charge >= 0.3 is 0 Å². The minimum absolute atomic E-state index is 0.209. The second-order valence-electron chi connectivity index (χ2n) is 3.69. The molecule has 1 aliphatic heterocycles. The number of likely N-dealkylation sites (N-methyl/N-ethyl adjacent to an activating group) is 1. The van der Waals surface area contributed by atoms with Crippen molar-refractivity contribution in [3.05, 3.63) is 30.3 Å². The Bertz CT molecular complexity index is 289. The van der Waals surface area contributed by atoms with Crippen molar-refractivity contribution in [2.45, 2.75) is 11.4 Å². The van der Waals surface area contributed by atoms with Gasteiger partial charge in [-0.2, -0.15) is 0 Å². The van der Waals surface area contributed by atoms with Gasteiger partial charge in [0.15, 0.2) is 0 Å². The highest BCUT2D eigenvalue weighted by molar-refractivity contribution is 6.21. The molecule has 2 nitrogen and oxygen atoms in total. The van der Waals surface area contributed by atoms with Crippen LogP contribution < -0.4 is 10.2 Å². The first-order chi connectivity index (χ1) is 6.79. The monoisotopic (exact) mass is 210 g/mol. The average Bonchev–Trinajstić information content (AvgIpc) is 2.65. The largest absolute Gasteiger partial charge is 0.369 e. The molecule has 0 amide bonds. The lowest BCUT2D eigenvalue weighted by atomic mass is 10.2. The first kappa shape index (κ1) is 9.81. The van der Waals surface area contributed by atoms with E-state index in [0.29, 0.717) is 6.04 Å². The fraction of sp³-hybridized carbons (Fsp3) is 0.455. The highest BCUT2D eigenvalue weighted by atomic mass is 35.5. The Kier molecular flexibility index (Phi) is 2.94. The van der Waals surface area contributed by atoms with Gasteiger partial charge in [-0.1, -0.05) is 18.2 Å². The van der Waals surface area contributed by atoms with Gasteiger partial charge in [-0.3, -0.25) is 0 Å². The number of hydrogen-bond acceptors (Lipinski definition) is 2. The maximum atomic E-state index is 6.22. The Morgan fingerprint density at radius 3 is 2.57 bits per heavy atom. The summed E-state index contributed by atoms with van der Waals surface area (Å²) in [4.78, 5) is 2.25. The average molecular weight is 211 g/mol. The van der Waals surface area contributed by atoms with Crippen molar-refractivity contribution in [1.82, 2.24) is 5.32 Å². The molecule has 0 aromatic heterocycles. The van der Waals surface area contributed by atoms with E-state index in [1.165, 1.54) is 5.69 Å². The van der Waals surface area contributed by atoms with Crippen LogP contribution in [0.2, 0.25) is 0 Å². The van der Waals surface area contributed by atoms with Gasteiger partial charge in [-0.25, -0.2) is 0 Å². The van der Waals surface area contributed by atoms with Gasteiger partial charge in [-0.15, -0.1) is 11.6 Å². The van der Waals surface area contributed by atoms with Gasteiger partial charge in [0.1, 0.15) is 0 Å². The van der Waals surface area contributed by atoms with Crippen LogP contribution in [-0.2, 0) is 0 Å². The van der Waals surface area contributed by atoms with Crippen molar-refractivity contribution in [2.75, 3.05) is 25.0 Å². The lowest BCUT2D eigenvalue weighted by Crippen LogP contribution is -2.38. The number of anilines is 1. The van der Waals surface area contributed by atoms with E-state index < -0.39 is 0 Å². The number of nitrogens with zero attached hydrogens (tertiary/aromatic N) is 1. The van der Waals surface area contributed by atoms with Crippen molar-refractivity contribution in [2.24, 2.45) is 0 Å². The maximum absolute atomic E-state index is 6.22. The zero-order valence-electron chi connectivity index (χ0n) is 8.28. The molecule has 2 rings (SSSR count). The molecule has 0 bridgehead atoms.